The SMILES string of the molecule is COc1ccc(CN(C)Cc2ccc3ncccc3c2)c(OC)c1OC. The summed E-state index contributed by atoms with van der Waals surface area (Å²) in [5.41, 5.74) is 3.31. The number of methoxy groups -OCH3 is 3. The van der Waals surface area contributed by atoms with E-state index in [4.69, 9.17) is 14.2 Å². The number of nitrogens with zero attached hydrogens (tertiary/aromatic N) is 2. The molecule has 2 aromatic carbocycles. The summed E-state index contributed by atoms with van der Waals surface area (Å²) in [6, 6.07) is 14.3. The highest BCUT2D eigenvalue weighted by Crippen LogP contribution is 2.40. The monoisotopic (exact) mass is 352 g/mol. The Morgan fingerprint density at radius 1 is 0.885 bits per heavy atom. The second kappa shape index (κ2) is 8.06. The molecule has 3 rings (SSSR count). The molecule has 0 radical (unpaired) electrons. The van der Waals surface area contributed by atoms with Gasteiger partial charge in [0.15, 0.2) is 11.5 Å². The Hall–Kier alpha value is -2.79. The molecule has 0 bridgehead atoms. The van der Waals surface area contributed by atoms with Crippen molar-refractivity contribution in [3.8, 4) is 17.2 Å². The lowest BCUT2D eigenvalue weighted by Crippen LogP contribution is -2.18. The fourth-order valence-electron chi connectivity index (χ4n) is 3.17. The molecule has 3 aromatic rings. The summed E-state index contributed by atoms with van der Waals surface area (Å²) in [5, 5.41) is 1.15. The molecule has 0 atom stereocenters. The lowest BCUT2D eigenvalue weighted by molar-refractivity contribution is 0.296. The second-order valence-electron chi connectivity index (χ2n) is 6.20. The van der Waals surface area contributed by atoms with Crippen LogP contribution in [0.15, 0.2) is 48.7 Å². The summed E-state index contributed by atoms with van der Waals surface area (Å²) in [4.78, 5) is 6.61. The predicted octanol–water partition coefficient (Wildman–Crippen LogP) is 3.89. The Morgan fingerprint density at radius 2 is 1.69 bits per heavy atom. The van der Waals surface area contributed by atoms with Crippen molar-refractivity contribution in [3.63, 3.8) is 0 Å². The van der Waals surface area contributed by atoms with Crippen LogP contribution in [0.2, 0.25) is 0 Å². The van der Waals surface area contributed by atoms with Crippen LogP contribution in [-0.4, -0.2) is 38.3 Å². The molecule has 1 heterocycles. The topological polar surface area (TPSA) is 43.8 Å². The summed E-state index contributed by atoms with van der Waals surface area (Å²) in [6.45, 7) is 1.55. The highest BCUT2D eigenvalue weighted by atomic mass is 16.5. The van der Waals surface area contributed by atoms with Crippen LogP contribution in [0.3, 0.4) is 0 Å². The van der Waals surface area contributed by atoms with Gasteiger partial charge in [-0.25, -0.2) is 0 Å². The van der Waals surface area contributed by atoms with Gasteiger partial charge in [0.25, 0.3) is 0 Å². The number of aromatic nitrogens is 1. The molecule has 26 heavy (non-hydrogen) atoms. The van der Waals surface area contributed by atoms with Gasteiger partial charge < -0.3 is 14.2 Å². The lowest BCUT2D eigenvalue weighted by Gasteiger charge is -2.21. The van der Waals surface area contributed by atoms with Crippen molar-refractivity contribution in [2.45, 2.75) is 13.1 Å². The minimum Gasteiger partial charge on any atom is -0.493 e. The quantitative estimate of drug-likeness (QED) is 0.645. The van der Waals surface area contributed by atoms with Crippen LogP contribution in [0, 0.1) is 0 Å². The van der Waals surface area contributed by atoms with E-state index in [1.165, 1.54) is 5.56 Å². The smallest absolute Gasteiger partial charge is 0.203 e. The molecule has 0 aliphatic carbocycles. The van der Waals surface area contributed by atoms with Gasteiger partial charge >= 0.3 is 0 Å². The average Bonchev–Trinajstić information content (AvgIpc) is 2.67. The molecule has 0 saturated heterocycles. The van der Waals surface area contributed by atoms with Gasteiger partial charge in [0.1, 0.15) is 0 Å². The molecule has 0 N–H and O–H groups in total. The first kappa shape index (κ1) is 18.0. The maximum Gasteiger partial charge on any atom is 0.203 e. The summed E-state index contributed by atoms with van der Waals surface area (Å²) in [7, 11) is 6.98. The molecule has 0 amide bonds. The molecular formula is C21H24N2O3. The summed E-state index contributed by atoms with van der Waals surface area (Å²) >= 11 is 0. The molecule has 0 spiro atoms. The highest BCUT2D eigenvalue weighted by Gasteiger charge is 2.17. The Bertz CT molecular complexity index is 896. The number of pyridine rings is 1. The van der Waals surface area contributed by atoms with Gasteiger partial charge in [-0.1, -0.05) is 18.2 Å². The Balaban J connectivity index is 1.79. The van der Waals surface area contributed by atoms with E-state index in [9.17, 15) is 0 Å². The fraction of sp³-hybridized carbons (Fsp3) is 0.286. The molecule has 0 saturated carbocycles. The van der Waals surface area contributed by atoms with Gasteiger partial charge in [-0.3, -0.25) is 9.88 Å². The van der Waals surface area contributed by atoms with Crippen LogP contribution in [0.4, 0.5) is 0 Å². The van der Waals surface area contributed by atoms with Gasteiger partial charge in [-0.15, -0.1) is 0 Å². The zero-order chi connectivity index (χ0) is 18.5. The van der Waals surface area contributed by atoms with Crippen molar-refractivity contribution < 1.29 is 14.2 Å². The first-order chi connectivity index (χ1) is 12.7. The molecular weight excluding hydrogens is 328 g/mol. The lowest BCUT2D eigenvalue weighted by atomic mass is 10.1. The standard InChI is InChI=1S/C21H24N2O3/c1-23(13-15-7-9-18-16(12-15)6-5-11-22-18)14-17-8-10-19(24-2)21(26-4)20(17)25-3/h5-12H,13-14H2,1-4H3. The minimum absolute atomic E-state index is 0.623. The average molecular weight is 352 g/mol. The highest BCUT2D eigenvalue weighted by molar-refractivity contribution is 5.78. The summed E-state index contributed by atoms with van der Waals surface area (Å²) in [5.74, 6) is 2.00. The van der Waals surface area contributed by atoms with Crippen molar-refractivity contribution in [2.24, 2.45) is 0 Å². The molecule has 0 aliphatic rings. The first-order valence-corrected chi connectivity index (χ1v) is 8.46. The summed E-state index contributed by atoms with van der Waals surface area (Å²) in [6.07, 6.45) is 1.82. The molecule has 1 aromatic heterocycles. The van der Waals surface area contributed by atoms with E-state index in [0.29, 0.717) is 17.2 Å². The fourth-order valence-corrected chi connectivity index (χ4v) is 3.17. The zero-order valence-corrected chi connectivity index (χ0v) is 15.7. The minimum atomic E-state index is 0.623. The number of fused-ring (bicyclic) bond motifs is 1. The van der Waals surface area contributed by atoms with E-state index in [-0.39, 0.29) is 0 Å². The van der Waals surface area contributed by atoms with Crippen molar-refractivity contribution in [3.05, 3.63) is 59.8 Å². The maximum atomic E-state index is 5.58. The van der Waals surface area contributed by atoms with Crippen LogP contribution in [0.1, 0.15) is 11.1 Å². The second-order valence-corrected chi connectivity index (χ2v) is 6.20. The predicted molar refractivity (Wildman–Crippen MR) is 103 cm³/mol. The zero-order valence-electron chi connectivity index (χ0n) is 15.7. The molecule has 0 unspecified atom stereocenters. The third kappa shape index (κ3) is 3.73. The van der Waals surface area contributed by atoms with Crippen LogP contribution in [0.5, 0.6) is 17.2 Å². The van der Waals surface area contributed by atoms with Gasteiger partial charge in [-0.2, -0.15) is 0 Å². The molecule has 136 valence electrons. The van der Waals surface area contributed by atoms with E-state index in [1.54, 1.807) is 21.3 Å². The van der Waals surface area contributed by atoms with Crippen molar-refractivity contribution in [2.75, 3.05) is 28.4 Å². The van der Waals surface area contributed by atoms with Crippen molar-refractivity contribution in [1.29, 1.82) is 0 Å². The molecule has 0 fully saturated rings. The van der Waals surface area contributed by atoms with Crippen molar-refractivity contribution in [1.82, 2.24) is 9.88 Å². The number of rotatable bonds is 7. The van der Waals surface area contributed by atoms with E-state index in [0.717, 1.165) is 29.6 Å². The Kier molecular flexibility index (Phi) is 5.58. The number of benzene rings is 2. The van der Waals surface area contributed by atoms with Crippen LogP contribution in [-0.2, 0) is 13.1 Å². The van der Waals surface area contributed by atoms with Gasteiger partial charge in [-0.05, 0) is 36.9 Å². The van der Waals surface area contributed by atoms with E-state index in [2.05, 4.69) is 41.2 Å². The molecule has 0 aliphatic heterocycles. The van der Waals surface area contributed by atoms with Crippen LogP contribution < -0.4 is 14.2 Å². The van der Waals surface area contributed by atoms with E-state index >= 15 is 0 Å². The summed E-state index contributed by atoms with van der Waals surface area (Å²) < 4.78 is 16.4. The first-order valence-electron chi connectivity index (χ1n) is 8.46. The van der Waals surface area contributed by atoms with Gasteiger partial charge in [0.2, 0.25) is 5.75 Å². The normalized spacial score (nSPS) is 11.0. The number of ether oxygens (including phenoxy) is 3. The Morgan fingerprint density at radius 3 is 2.42 bits per heavy atom. The van der Waals surface area contributed by atoms with Crippen LogP contribution in [0.25, 0.3) is 10.9 Å². The largest absolute Gasteiger partial charge is 0.493 e. The third-order valence-corrected chi connectivity index (χ3v) is 4.35. The third-order valence-electron chi connectivity index (χ3n) is 4.35. The molecule has 5 nitrogen and oxygen atoms in total. The number of hydrogen-bond donors (Lipinski definition) is 0. The van der Waals surface area contributed by atoms with Gasteiger partial charge in [0, 0.05) is 30.2 Å². The maximum absolute atomic E-state index is 5.58. The van der Waals surface area contributed by atoms with Crippen LogP contribution >= 0.6 is 0 Å². The number of hydrogen-bond acceptors (Lipinski definition) is 5. The van der Waals surface area contributed by atoms with E-state index < -0.39 is 0 Å². The van der Waals surface area contributed by atoms with E-state index in [1.807, 2.05) is 24.4 Å². The molecule has 5 heteroatoms. The van der Waals surface area contributed by atoms with Gasteiger partial charge in [0.05, 0.1) is 26.8 Å². The Labute approximate surface area is 154 Å². The van der Waals surface area contributed by atoms with Crippen molar-refractivity contribution >= 4 is 10.9 Å².